The predicted molar refractivity (Wildman–Crippen MR) is 105 cm³/mol. The number of aryl methyl sites for hydroxylation is 1. The summed E-state index contributed by atoms with van der Waals surface area (Å²) in [5, 5.41) is 6.40. The smallest absolute Gasteiger partial charge is 0.224 e. The maximum atomic E-state index is 12.9. The normalized spacial score (nSPS) is 10.5. The highest BCUT2D eigenvalue weighted by molar-refractivity contribution is 5.95. The van der Waals surface area contributed by atoms with Gasteiger partial charge in [-0.25, -0.2) is 9.37 Å². The Bertz CT molecular complexity index is 941. The molecule has 3 rings (SSSR count). The molecule has 0 radical (unpaired) electrons. The van der Waals surface area contributed by atoms with Gasteiger partial charge in [0, 0.05) is 29.6 Å². The van der Waals surface area contributed by atoms with Crippen LogP contribution in [-0.2, 0) is 6.42 Å². The lowest BCUT2D eigenvalue weighted by Gasteiger charge is -2.10. The number of benzene rings is 2. The summed E-state index contributed by atoms with van der Waals surface area (Å²) in [4.78, 5) is 20.4. The van der Waals surface area contributed by atoms with Crippen LogP contribution in [0.15, 0.2) is 54.6 Å². The number of anilines is 3. The van der Waals surface area contributed by atoms with Crippen LogP contribution in [0.1, 0.15) is 28.5 Å². The summed E-state index contributed by atoms with van der Waals surface area (Å²) in [5.41, 5.74) is 3.29. The fourth-order valence-corrected chi connectivity index (χ4v) is 2.65. The molecule has 0 atom stereocenters. The Morgan fingerprint density at radius 3 is 2.59 bits per heavy atom. The van der Waals surface area contributed by atoms with Crippen molar-refractivity contribution in [3.05, 3.63) is 77.2 Å². The molecule has 0 fully saturated rings. The van der Waals surface area contributed by atoms with E-state index in [0.717, 1.165) is 23.4 Å². The lowest BCUT2D eigenvalue weighted by Crippen LogP contribution is -2.09. The highest BCUT2D eigenvalue weighted by Gasteiger charge is 2.05. The zero-order valence-corrected chi connectivity index (χ0v) is 15.3. The van der Waals surface area contributed by atoms with E-state index in [1.54, 1.807) is 24.3 Å². The van der Waals surface area contributed by atoms with E-state index in [9.17, 15) is 9.18 Å². The molecule has 0 amide bonds. The highest BCUT2D eigenvalue weighted by atomic mass is 19.1. The van der Waals surface area contributed by atoms with Crippen LogP contribution in [0.3, 0.4) is 0 Å². The van der Waals surface area contributed by atoms with Gasteiger partial charge in [0.05, 0.1) is 0 Å². The first-order chi connectivity index (χ1) is 13.0. The topological polar surface area (TPSA) is 66.9 Å². The number of hydrogen-bond acceptors (Lipinski definition) is 5. The number of carbonyl (C=O) groups is 1. The van der Waals surface area contributed by atoms with Crippen LogP contribution in [0.25, 0.3) is 0 Å². The van der Waals surface area contributed by atoms with Gasteiger partial charge < -0.3 is 10.6 Å². The van der Waals surface area contributed by atoms with Gasteiger partial charge in [0.1, 0.15) is 11.6 Å². The molecule has 0 aliphatic rings. The summed E-state index contributed by atoms with van der Waals surface area (Å²) in [6.07, 6.45) is 0.737. The second-order valence-corrected chi connectivity index (χ2v) is 6.28. The van der Waals surface area contributed by atoms with Crippen LogP contribution in [0.5, 0.6) is 0 Å². The van der Waals surface area contributed by atoms with Gasteiger partial charge in [0.25, 0.3) is 0 Å². The first-order valence-electron chi connectivity index (χ1n) is 8.71. The number of nitrogens with one attached hydrogen (secondary N) is 2. The molecule has 0 saturated heterocycles. The van der Waals surface area contributed by atoms with Crippen molar-refractivity contribution in [3.63, 3.8) is 0 Å². The minimum Gasteiger partial charge on any atom is -0.354 e. The van der Waals surface area contributed by atoms with Crippen molar-refractivity contribution in [1.29, 1.82) is 0 Å². The third-order valence-corrected chi connectivity index (χ3v) is 4.01. The minimum absolute atomic E-state index is 0.0145. The SMILES string of the molecule is CC(=O)c1cccc(Nc2cc(C)nc(NCCc3ccc(F)cc3)n2)c1. The van der Waals surface area contributed by atoms with Crippen molar-refractivity contribution in [1.82, 2.24) is 9.97 Å². The molecule has 0 saturated carbocycles. The molecule has 0 bridgehead atoms. The monoisotopic (exact) mass is 364 g/mol. The standard InChI is InChI=1S/C21H21FN4O/c1-14-12-20(25-19-5-3-4-17(13-19)15(2)27)26-21(24-14)23-11-10-16-6-8-18(22)9-7-16/h3-9,12-13H,10-11H2,1-2H3,(H2,23,24,25,26). The van der Waals surface area contributed by atoms with Crippen molar-refractivity contribution in [2.75, 3.05) is 17.2 Å². The molecule has 1 heterocycles. The van der Waals surface area contributed by atoms with Gasteiger partial charge >= 0.3 is 0 Å². The van der Waals surface area contributed by atoms with Gasteiger partial charge in [-0.3, -0.25) is 4.79 Å². The highest BCUT2D eigenvalue weighted by Crippen LogP contribution is 2.18. The molecule has 2 aromatic carbocycles. The fraction of sp³-hybridized carbons (Fsp3) is 0.190. The molecule has 3 aromatic rings. The van der Waals surface area contributed by atoms with Crippen molar-refractivity contribution in [2.24, 2.45) is 0 Å². The van der Waals surface area contributed by atoms with Crippen LogP contribution >= 0.6 is 0 Å². The first kappa shape index (κ1) is 18.5. The number of aromatic nitrogens is 2. The molecule has 138 valence electrons. The number of rotatable bonds is 7. The van der Waals surface area contributed by atoms with E-state index in [4.69, 9.17) is 0 Å². The first-order valence-corrected chi connectivity index (χ1v) is 8.71. The zero-order valence-electron chi connectivity index (χ0n) is 15.3. The van der Waals surface area contributed by atoms with E-state index in [1.807, 2.05) is 25.1 Å². The summed E-state index contributed by atoms with van der Waals surface area (Å²) in [6.45, 7) is 4.06. The molecular formula is C21H21FN4O. The van der Waals surface area contributed by atoms with Gasteiger partial charge in [0.2, 0.25) is 5.95 Å². The van der Waals surface area contributed by atoms with E-state index in [2.05, 4.69) is 20.6 Å². The van der Waals surface area contributed by atoms with Crippen molar-refractivity contribution < 1.29 is 9.18 Å². The summed E-state index contributed by atoms with van der Waals surface area (Å²) in [5.74, 6) is 0.939. The molecule has 1 aromatic heterocycles. The number of carbonyl (C=O) groups excluding carboxylic acids is 1. The molecule has 2 N–H and O–H groups in total. The summed E-state index contributed by atoms with van der Waals surface area (Å²) >= 11 is 0. The van der Waals surface area contributed by atoms with Crippen LogP contribution < -0.4 is 10.6 Å². The molecule has 0 unspecified atom stereocenters. The Balaban J connectivity index is 1.66. The van der Waals surface area contributed by atoms with Gasteiger partial charge in [-0.1, -0.05) is 24.3 Å². The average Bonchev–Trinajstić information content (AvgIpc) is 2.63. The molecule has 0 aliphatic carbocycles. The zero-order chi connectivity index (χ0) is 19.2. The number of nitrogens with zero attached hydrogens (tertiary/aromatic N) is 2. The lowest BCUT2D eigenvalue weighted by molar-refractivity contribution is 0.101. The quantitative estimate of drug-likeness (QED) is 0.603. The number of hydrogen-bond donors (Lipinski definition) is 2. The molecule has 0 spiro atoms. The van der Waals surface area contributed by atoms with Crippen LogP contribution in [0.2, 0.25) is 0 Å². The second kappa shape index (κ2) is 8.40. The Labute approximate surface area is 157 Å². The third-order valence-electron chi connectivity index (χ3n) is 4.01. The van der Waals surface area contributed by atoms with Crippen molar-refractivity contribution in [3.8, 4) is 0 Å². The average molecular weight is 364 g/mol. The van der Waals surface area contributed by atoms with Crippen molar-refractivity contribution >= 4 is 23.2 Å². The van der Waals surface area contributed by atoms with E-state index in [-0.39, 0.29) is 11.6 Å². The minimum atomic E-state index is -0.238. The van der Waals surface area contributed by atoms with E-state index in [0.29, 0.717) is 23.9 Å². The molecular weight excluding hydrogens is 343 g/mol. The third kappa shape index (κ3) is 5.34. The summed E-state index contributed by atoms with van der Waals surface area (Å²) in [7, 11) is 0. The fourth-order valence-electron chi connectivity index (χ4n) is 2.65. The number of Topliss-reactive ketones (excluding diaryl/α,β-unsaturated/α-hetero) is 1. The Morgan fingerprint density at radius 2 is 1.85 bits per heavy atom. The van der Waals surface area contributed by atoms with Crippen LogP contribution in [0.4, 0.5) is 21.8 Å². The molecule has 0 aliphatic heterocycles. The number of ketones is 1. The van der Waals surface area contributed by atoms with Crippen molar-refractivity contribution in [2.45, 2.75) is 20.3 Å². The maximum absolute atomic E-state index is 12.9. The lowest BCUT2D eigenvalue weighted by atomic mass is 10.1. The van der Waals surface area contributed by atoms with Crippen LogP contribution in [0, 0.1) is 12.7 Å². The molecule has 27 heavy (non-hydrogen) atoms. The van der Waals surface area contributed by atoms with Crippen LogP contribution in [-0.4, -0.2) is 22.3 Å². The maximum Gasteiger partial charge on any atom is 0.224 e. The Hall–Kier alpha value is -3.28. The van der Waals surface area contributed by atoms with Gasteiger partial charge in [-0.15, -0.1) is 0 Å². The summed E-state index contributed by atoms with van der Waals surface area (Å²) in [6, 6.07) is 15.6. The van der Waals surface area contributed by atoms with Gasteiger partial charge in [0.15, 0.2) is 5.78 Å². The Morgan fingerprint density at radius 1 is 1.07 bits per heavy atom. The molecule has 6 heteroatoms. The van der Waals surface area contributed by atoms with Gasteiger partial charge in [-0.05, 0) is 50.1 Å². The Kier molecular flexibility index (Phi) is 5.76. The predicted octanol–water partition coefficient (Wildman–Crippen LogP) is 4.52. The largest absolute Gasteiger partial charge is 0.354 e. The second-order valence-electron chi connectivity index (χ2n) is 6.28. The van der Waals surface area contributed by atoms with E-state index in [1.165, 1.54) is 19.1 Å². The van der Waals surface area contributed by atoms with E-state index >= 15 is 0 Å². The van der Waals surface area contributed by atoms with Gasteiger partial charge in [-0.2, -0.15) is 4.98 Å². The summed E-state index contributed by atoms with van der Waals surface area (Å²) < 4.78 is 12.9. The number of halogens is 1. The molecule has 5 nitrogen and oxygen atoms in total. The van der Waals surface area contributed by atoms with E-state index < -0.39 is 0 Å².